The first-order valence-electron chi connectivity index (χ1n) is 12.1. The van der Waals surface area contributed by atoms with Crippen LogP contribution in [0.25, 0.3) is 0 Å². The third-order valence-electron chi connectivity index (χ3n) is 6.55. The topological polar surface area (TPSA) is 69.2 Å². The summed E-state index contributed by atoms with van der Waals surface area (Å²) in [6.07, 6.45) is -0.917. The molecule has 1 saturated heterocycles. The zero-order valence-corrected chi connectivity index (χ0v) is 22.3. The van der Waals surface area contributed by atoms with Gasteiger partial charge in [0.2, 0.25) is 6.17 Å². The first kappa shape index (κ1) is 25.2. The average Bonchev–Trinajstić information content (AvgIpc) is 3.01. The number of morpholine rings is 1. The fourth-order valence-electron chi connectivity index (χ4n) is 4.56. The van der Waals surface area contributed by atoms with E-state index in [0.717, 1.165) is 60.1 Å². The Bertz CT molecular complexity index is 1360. The zero-order valence-electron chi connectivity index (χ0n) is 20.7. The minimum atomic E-state index is -0.917. The second-order valence-corrected chi connectivity index (χ2v) is 9.85. The van der Waals surface area contributed by atoms with Crippen LogP contribution in [-0.2, 0) is 9.53 Å². The molecule has 2 heterocycles. The van der Waals surface area contributed by atoms with E-state index in [0.29, 0.717) is 15.8 Å². The highest BCUT2D eigenvalue weighted by molar-refractivity contribution is 7.80. The Kier molecular flexibility index (Phi) is 7.41. The Morgan fingerprint density at radius 1 is 1.08 bits per heavy atom. The number of thiocarbonyl (C=S) groups is 1. The van der Waals surface area contributed by atoms with Crippen LogP contribution in [0.1, 0.15) is 16.7 Å². The van der Waals surface area contributed by atoms with Gasteiger partial charge in [-0.15, -0.1) is 0 Å². The van der Waals surface area contributed by atoms with Gasteiger partial charge in [-0.2, -0.15) is 0 Å². The summed E-state index contributed by atoms with van der Waals surface area (Å²) in [6.45, 7) is 5.25. The molecule has 0 saturated carbocycles. The summed E-state index contributed by atoms with van der Waals surface area (Å²) >= 11 is 12.0. The van der Waals surface area contributed by atoms with Gasteiger partial charge in [-0.3, -0.25) is 4.79 Å². The summed E-state index contributed by atoms with van der Waals surface area (Å²) in [6, 6.07) is 21.4. The quantitative estimate of drug-likeness (QED) is 0.477. The Morgan fingerprint density at radius 3 is 2.57 bits per heavy atom. The summed E-state index contributed by atoms with van der Waals surface area (Å²) in [5.41, 5.74) is 6.14. The lowest BCUT2D eigenvalue weighted by molar-refractivity contribution is -0.119. The van der Waals surface area contributed by atoms with Gasteiger partial charge in [-0.1, -0.05) is 41.9 Å². The number of aryl methyl sites for hydroxylation is 1. The van der Waals surface area contributed by atoms with E-state index in [4.69, 9.17) is 33.5 Å². The summed E-state index contributed by atoms with van der Waals surface area (Å²) in [5.74, 6) is -0.224. The van der Waals surface area contributed by atoms with E-state index in [2.05, 4.69) is 27.7 Å². The maximum atomic E-state index is 13.5. The minimum Gasteiger partial charge on any atom is -0.378 e. The van der Waals surface area contributed by atoms with E-state index >= 15 is 0 Å². The van der Waals surface area contributed by atoms with Crippen molar-refractivity contribution in [2.45, 2.75) is 13.1 Å². The van der Waals surface area contributed by atoms with Crippen molar-refractivity contribution in [3.05, 3.63) is 88.4 Å². The number of hydrogen-bond acceptors (Lipinski definition) is 5. The first-order valence-corrected chi connectivity index (χ1v) is 12.9. The van der Waals surface area contributed by atoms with E-state index in [-0.39, 0.29) is 5.91 Å². The monoisotopic (exact) mass is 533 g/mol. The second-order valence-electron chi connectivity index (χ2n) is 9.00. The number of amides is 1. The Balaban J connectivity index is 1.40. The van der Waals surface area contributed by atoms with Gasteiger partial charge in [-0.05, 0) is 61.1 Å². The number of benzene rings is 3. The zero-order chi connectivity index (χ0) is 25.9. The minimum absolute atomic E-state index is 0.224. The Morgan fingerprint density at radius 2 is 1.84 bits per heavy atom. The molecule has 190 valence electrons. The Hall–Kier alpha value is -3.46. The number of fused-ring (bicyclic) bond motifs is 1. The molecule has 0 aromatic heterocycles. The van der Waals surface area contributed by atoms with Crippen molar-refractivity contribution in [2.24, 2.45) is 4.99 Å². The van der Waals surface area contributed by atoms with E-state index in [1.54, 1.807) is 18.0 Å². The number of likely N-dealkylation sites (N-methyl/N-ethyl adjacent to an activating group) is 1. The van der Waals surface area contributed by atoms with Gasteiger partial charge in [-0.25, -0.2) is 4.99 Å². The average molecular weight is 534 g/mol. The molecule has 1 amide bonds. The van der Waals surface area contributed by atoms with Gasteiger partial charge in [0.25, 0.3) is 5.91 Å². The molecular weight excluding hydrogens is 506 g/mol. The largest absolute Gasteiger partial charge is 0.378 e. The van der Waals surface area contributed by atoms with E-state index in [9.17, 15) is 4.79 Å². The van der Waals surface area contributed by atoms with Gasteiger partial charge in [0.15, 0.2) is 5.11 Å². The van der Waals surface area contributed by atoms with Gasteiger partial charge < -0.3 is 25.2 Å². The molecule has 3 aromatic carbocycles. The summed E-state index contributed by atoms with van der Waals surface area (Å²) in [4.78, 5) is 22.2. The van der Waals surface area contributed by atoms with Crippen LogP contribution in [0.4, 0.5) is 17.1 Å². The van der Waals surface area contributed by atoms with Crippen molar-refractivity contribution in [2.75, 3.05) is 48.5 Å². The van der Waals surface area contributed by atoms with Crippen molar-refractivity contribution < 1.29 is 9.53 Å². The highest BCUT2D eigenvalue weighted by Gasteiger charge is 2.30. The molecule has 3 aromatic rings. The molecule has 0 radical (unpaired) electrons. The van der Waals surface area contributed by atoms with Crippen LogP contribution >= 0.6 is 23.8 Å². The number of hydrogen-bond donors (Lipinski definition) is 2. The normalized spacial score (nSPS) is 17.5. The first-order chi connectivity index (χ1) is 17.9. The molecule has 2 aliphatic heterocycles. The smallest absolute Gasteiger partial charge is 0.272 e. The number of nitrogens with zero attached hydrogens (tertiary/aromatic N) is 3. The molecule has 2 N–H and O–H groups in total. The summed E-state index contributed by atoms with van der Waals surface area (Å²) in [5, 5.41) is 7.25. The van der Waals surface area contributed by atoms with Crippen LogP contribution in [0, 0.1) is 6.92 Å². The number of rotatable bonds is 4. The van der Waals surface area contributed by atoms with Gasteiger partial charge in [0, 0.05) is 47.7 Å². The summed E-state index contributed by atoms with van der Waals surface area (Å²) < 4.78 is 5.46. The maximum Gasteiger partial charge on any atom is 0.272 e. The van der Waals surface area contributed by atoms with Crippen LogP contribution in [0.5, 0.6) is 0 Å². The predicted molar refractivity (Wildman–Crippen MR) is 154 cm³/mol. The second kappa shape index (κ2) is 10.9. The maximum absolute atomic E-state index is 13.5. The molecule has 0 spiro atoms. The van der Waals surface area contributed by atoms with Crippen molar-refractivity contribution in [1.29, 1.82) is 0 Å². The Labute approximate surface area is 227 Å². The fraction of sp³-hybridized carbons (Fsp3) is 0.250. The molecule has 1 atom stereocenters. The van der Waals surface area contributed by atoms with Crippen LogP contribution in [0.15, 0.2) is 71.7 Å². The third kappa shape index (κ3) is 5.46. The molecule has 2 aliphatic rings. The number of ether oxygens (including phenoxy) is 1. The van der Waals surface area contributed by atoms with Crippen molar-refractivity contribution in [1.82, 2.24) is 5.32 Å². The molecule has 9 heteroatoms. The highest BCUT2D eigenvalue weighted by Crippen LogP contribution is 2.30. The molecule has 37 heavy (non-hydrogen) atoms. The molecule has 0 aliphatic carbocycles. The molecule has 7 nitrogen and oxygen atoms in total. The van der Waals surface area contributed by atoms with Crippen LogP contribution < -0.4 is 20.4 Å². The fourth-order valence-corrected chi connectivity index (χ4v) is 4.95. The van der Waals surface area contributed by atoms with Gasteiger partial charge in [0.05, 0.1) is 24.6 Å². The third-order valence-corrected chi connectivity index (χ3v) is 7.00. The lowest BCUT2D eigenvalue weighted by atomic mass is 10.0. The molecule has 0 bridgehead atoms. The van der Waals surface area contributed by atoms with Crippen LogP contribution in [0.3, 0.4) is 0 Å². The van der Waals surface area contributed by atoms with Gasteiger partial charge in [0.1, 0.15) is 0 Å². The molecule has 1 fully saturated rings. The standard InChI is InChI=1S/C28H28ClN5O2S/c1-18-16-21(34-12-14-36-15-13-34)9-10-23(18)30-28(37)32-26-27(35)33(2)24-11-8-20(29)17-22(24)25(31-26)19-6-4-3-5-7-19/h3-11,16-17,26H,12-15H2,1-2H3,(H2,30,32,37). The van der Waals surface area contributed by atoms with E-state index < -0.39 is 6.17 Å². The van der Waals surface area contributed by atoms with E-state index in [1.165, 1.54) is 0 Å². The van der Waals surface area contributed by atoms with Crippen molar-refractivity contribution >= 4 is 57.6 Å². The number of carbonyl (C=O) groups excluding carboxylic acids is 1. The SMILES string of the molecule is Cc1cc(N2CCOCC2)ccc1NC(=S)NC1N=C(c2ccccc2)c2cc(Cl)ccc2N(C)C1=O. The number of carbonyl (C=O) groups is 1. The number of benzodiazepines with no additional fused rings is 1. The number of aliphatic imine (C=N–C) groups is 1. The van der Waals surface area contributed by atoms with Crippen LogP contribution in [-0.4, -0.2) is 56.2 Å². The number of nitrogens with one attached hydrogen (secondary N) is 2. The molecule has 5 rings (SSSR count). The number of halogens is 1. The number of anilines is 3. The van der Waals surface area contributed by atoms with Crippen molar-refractivity contribution in [3.63, 3.8) is 0 Å². The summed E-state index contributed by atoms with van der Waals surface area (Å²) in [7, 11) is 1.73. The van der Waals surface area contributed by atoms with E-state index in [1.807, 2.05) is 55.5 Å². The van der Waals surface area contributed by atoms with Gasteiger partial charge >= 0.3 is 0 Å². The highest BCUT2D eigenvalue weighted by atomic mass is 35.5. The predicted octanol–water partition coefficient (Wildman–Crippen LogP) is 4.61. The lowest BCUT2D eigenvalue weighted by Gasteiger charge is -2.29. The molecular formula is C28H28ClN5O2S. The lowest BCUT2D eigenvalue weighted by Crippen LogP contribution is -2.47. The molecule has 1 unspecified atom stereocenters. The van der Waals surface area contributed by atoms with Crippen LogP contribution in [0.2, 0.25) is 5.02 Å². The van der Waals surface area contributed by atoms with Crippen molar-refractivity contribution in [3.8, 4) is 0 Å².